The highest BCUT2D eigenvalue weighted by atomic mass is 31.2. The smallest absolute Gasteiger partial charge is 0.329 e. The van der Waals surface area contributed by atoms with Gasteiger partial charge >= 0.3 is 7.60 Å². The predicted octanol–water partition coefficient (Wildman–Crippen LogP) is 2.66. The van der Waals surface area contributed by atoms with Gasteiger partial charge in [0.25, 0.3) is 0 Å². The van der Waals surface area contributed by atoms with Gasteiger partial charge in [-0.05, 0) is 29.7 Å². The molecule has 3 N–H and O–H groups in total. The van der Waals surface area contributed by atoms with Crippen LogP contribution in [0.3, 0.4) is 0 Å². The van der Waals surface area contributed by atoms with Gasteiger partial charge in [-0.25, -0.2) is 0 Å². The molecule has 96 valence electrons. The summed E-state index contributed by atoms with van der Waals surface area (Å²) in [4.78, 5) is 17.7. The fraction of sp³-hybridized carbons (Fsp3) is 0.231. The second-order valence-electron chi connectivity index (χ2n) is 4.29. The van der Waals surface area contributed by atoms with E-state index in [2.05, 4.69) is 23.5 Å². The van der Waals surface area contributed by atoms with Crippen LogP contribution in [0.15, 0.2) is 48.1 Å². The van der Waals surface area contributed by atoms with Crippen LogP contribution in [0.1, 0.15) is 12.0 Å². The van der Waals surface area contributed by atoms with Crippen molar-refractivity contribution in [3.8, 4) is 0 Å². The molecule has 0 saturated carbocycles. The molecule has 4 nitrogen and oxygen atoms in total. The number of allylic oxidation sites excluding steroid dienone is 2. The van der Waals surface area contributed by atoms with Crippen molar-refractivity contribution in [3.63, 3.8) is 0 Å². The Balaban J connectivity index is 1.91. The summed E-state index contributed by atoms with van der Waals surface area (Å²) in [5.41, 5.74) is 2.86. The van der Waals surface area contributed by atoms with Crippen LogP contribution in [0.5, 0.6) is 0 Å². The van der Waals surface area contributed by atoms with E-state index in [0.29, 0.717) is 5.56 Å². The van der Waals surface area contributed by atoms with Crippen LogP contribution in [-0.2, 0) is 10.7 Å². The first-order valence-corrected chi connectivity index (χ1v) is 7.56. The lowest BCUT2D eigenvalue weighted by Crippen LogP contribution is -2.02. The number of benzene rings is 1. The molecule has 0 radical (unpaired) electrons. The van der Waals surface area contributed by atoms with Gasteiger partial charge in [0.1, 0.15) is 0 Å². The van der Waals surface area contributed by atoms with E-state index in [0.717, 1.165) is 18.7 Å². The van der Waals surface area contributed by atoms with E-state index >= 15 is 0 Å². The normalized spacial score (nSPS) is 14.7. The zero-order chi connectivity index (χ0) is 13.0. The summed E-state index contributed by atoms with van der Waals surface area (Å²) >= 11 is 0. The van der Waals surface area contributed by atoms with Crippen LogP contribution in [0.4, 0.5) is 5.69 Å². The Morgan fingerprint density at radius 1 is 1.22 bits per heavy atom. The Bertz CT molecular complexity index is 514. The third-order valence-corrected chi connectivity index (χ3v) is 3.46. The molecule has 0 heterocycles. The lowest BCUT2D eigenvalue weighted by Gasteiger charge is -2.08. The molecular formula is C13H16NO3P. The van der Waals surface area contributed by atoms with E-state index in [-0.39, 0.29) is 6.16 Å². The molecule has 0 aliphatic heterocycles. The number of hydrogen-bond donors (Lipinski definition) is 3. The number of nitrogens with one attached hydrogen (secondary N) is 1. The quantitative estimate of drug-likeness (QED) is 0.716. The highest BCUT2D eigenvalue weighted by Gasteiger charge is 2.13. The zero-order valence-electron chi connectivity index (χ0n) is 9.91. The maximum atomic E-state index is 10.8. The average Bonchev–Trinajstić information content (AvgIpc) is 2.79. The third-order valence-electron chi connectivity index (χ3n) is 2.69. The SMILES string of the molecule is O=P(O)(O)Cc1ccc(NCC2=CCC=C2)cc1. The monoisotopic (exact) mass is 265 g/mol. The molecule has 18 heavy (non-hydrogen) atoms. The molecule has 1 aliphatic rings. The molecular weight excluding hydrogens is 249 g/mol. The minimum absolute atomic E-state index is 0.207. The van der Waals surface area contributed by atoms with Crippen LogP contribution in [-0.4, -0.2) is 16.3 Å². The summed E-state index contributed by atoms with van der Waals surface area (Å²) in [6, 6.07) is 7.15. The first-order chi connectivity index (χ1) is 8.53. The van der Waals surface area contributed by atoms with E-state index in [1.54, 1.807) is 12.1 Å². The molecule has 0 unspecified atom stereocenters. The van der Waals surface area contributed by atoms with Gasteiger partial charge in [-0.3, -0.25) is 4.57 Å². The number of hydrogen-bond acceptors (Lipinski definition) is 2. The Kier molecular flexibility index (Phi) is 4.02. The summed E-state index contributed by atoms with van der Waals surface area (Å²) in [6.07, 6.45) is 7.16. The summed E-state index contributed by atoms with van der Waals surface area (Å²) in [6.45, 7) is 0.772. The Labute approximate surface area is 106 Å². The highest BCUT2D eigenvalue weighted by molar-refractivity contribution is 7.50. The van der Waals surface area contributed by atoms with E-state index in [1.807, 2.05) is 12.1 Å². The molecule has 0 saturated heterocycles. The molecule has 0 atom stereocenters. The summed E-state index contributed by atoms with van der Waals surface area (Å²) < 4.78 is 10.8. The first-order valence-electron chi connectivity index (χ1n) is 5.76. The van der Waals surface area contributed by atoms with E-state index in [9.17, 15) is 4.57 Å². The lowest BCUT2D eigenvalue weighted by molar-refractivity contribution is 0.371. The minimum atomic E-state index is -3.97. The minimum Gasteiger partial charge on any atom is -0.381 e. The van der Waals surface area contributed by atoms with Crippen LogP contribution in [0.25, 0.3) is 0 Å². The second kappa shape index (κ2) is 5.53. The number of rotatable bonds is 5. The van der Waals surface area contributed by atoms with Crippen LogP contribution >= 0.6 is 7.60 Å². The van der Waals surface area contributed by atoms with Crippen LogP contribution < -0.4 is 5.32 Å². The van der Waals surface area contributed by atoms with Gasteiger partial charge in [-0.2, -0.15) is 0 Å². The molecule has 1 aromatic rings. The van der Waals surface area contributed by atoms with Gasteiger partial charge < -0.3 is 15.1 Å². The summed E-state index contributed by atoms with van der Waals surface area (Å²) in [5.74, 6) is 0. The number of anilines is 1. The molecule has 5 heteroatoms. The highest BCUT2D eigenvalue weighted by Crippen LogP contribution is 2.39. The van der Waals surface area contributed by atoms with E-state index in [1.165, 1.54) is 5.57 Å². The molecule has 1 aliphatic carbocycles. The Morgan fingerprint density at radius 2 is 1.94 bits per heavy atom. The zero-order valence-corrected chi connectivity index (χ0v) is 10.8. The van der Waals surface area contributed by atoms with E-state index < -0.39 is 7.60 Å². The molecule has 0 spiro atoms. The fourth-order valence-corrected chi connectivity index (χ4v) is 2.49. The predicted molar refractivity (Wildman–Crippen MR) is 72.5 cm³/mol. The maximum absolute atomic E-state index is 10.8. The summed E-state index contributed by atoms with van der Waals surface area (Å²) in [5, 5.41) is 3.26. The average molecular weight is 265 g/mol. The van der Waals surface area contributed by atoms with Gasteiger partial charge in [0.05, 0.1) is 6.16 Å². The topological polar surface area (TPSA) is 69.6 Å². The van der Waals surface area contributed by atoms with Crippen LogP contribution in [0, 0.1) is 0 Å². The van der Waals surface area contributed by atoms with Gasteiger partial charge in [0, 0.05) is 12.2 Å². The molecule has 0 bridgehead atoms. The second-order valence-corrected chi connectivity index (χ2v) is 5.94. The largest absolute Gasteiger partial charge is 0.381 e. The lowest BCUT2D eigenvalue weighted by atomic mass is 10.2. The van der Waals surface area contributed by atoms with Crippen molar-refractivity contribution in [2.75, 3.05) is 11.9 Å². The van der Waals surface area contributed by atoms with Crippen LogP contribution in [0.2, 0.25) is 0 Å². The van der Waals surface area contributed by atoms with Crippen molar-refractivity contribution in [2.24, 2.45) is 0 Å². The van der Waals surface area contributed by atoms with E-state index in [4.69, 9.17) is 9.79 Å². The van der Waals surface area contributed by atoms with Gasteiger partial charge in [0.15, 0.2) is 0 Å². The molecule has 2 rings (SSSR count). The Morgan fingerprint density at radius 3 is 2.50 bits per heavy atom. The van der Waals surface area contributed by atoms with Crippen molar-refractivity contribution in [2.45, 2.75) is 12.6 Å². The maximum Gasteiger partial charge on any atom is 0.329 e. The molecule has 0 fully saturated rings. The van der Waals surface area contributed by atoms with Crippen molar-refractivity contribution in [3.05, 3.63) is 53.6 Å². The van der Waals surface area contributed by atoms with Crippen molar-refractivity contribution >= 4 is 13.3 Å². The fourth-order valence-electron chi connectivity index (χ4n) is 1.81. The molecule has 1 aromatic carbocycles. The van der Waals surface area contributed by atoms with Gasteiger partial charge in [-0.1, -0.05) is 30.4 Å². The standard InChI is InChI=1S/C13H16NO3P/c15-18(16,17)10-12-5-7-13(8-6-12)14-9-11-3-1-2-4-11/h1,3-8,14H,2,9-10H2,(H2,15,16,17). The van der Waals surface area contributed by atoms with Gasteiger partial charge in [-0.15, -0.1) is 0 Å². The molecule has 0 amide bonds. The summed E-state index contributed by atoms with van der Waals surface area (Å²) in [7, 11) is -3.97. The molecule has 0 aromatic heterocycles. The van der Waals surface area contributed by atoms with Crippen molar-refractivity contribution in [1.82, 2.24) is 0 Å². The van der Waals surface area contributed by atoms with Crippen molar-refractivity contribution in [1.29, 1.82) is 0 Å². The third kappa shape index (κ3) is 4.15. The van der Waals surface area contributed by atoms with Gasteiger partial charge in [0.2, 0.25) is 0 Å². The van der Waals surface area contributed by atoms with Crippen molar-refractivity contribution < 1.29 is 14.4 Å². The first kappa shape index (κ1) is 13.1. The Hall–Kier alpha value is -1.35.